The molecule has 0 aliphatic carbocycles. The Hall–Kier alpha value is -3.09. The molecule has 0 saturated heterocycles. The smallest absolute Gasteiger partial charge is 0.306 e. The van der Waals surface area contributed by atoms with E-state index in [0.717, 1.165) is 23.3 Å². The van der Waals surface area contributed by atoms with E-state index in [1.165, 1.54) is 10.9 Å². The molecule has 1 aromatic carbocycles. The maximum atomic E-state index is 12.3. The third-order valence-corrected chi connectivity index (χ3v) is 4.94. The van der Waals surface area contributed by atoms with Gasteiger partial charge >= 0.3 is 5.97 Å². The summed E-state index contributed by atoms with van der Waals surface area (Å²) in [5, 5.41) is 8.23. The number of H-pyrrole nitrogens is 1. The number of aromatic amines is 1. The lowest BCUT2D eigenvalue weighted by atomic mass is 10.1. The normalized spacial score (nSPS) is 12.1. The van der Waals surface area contributed by atoms with Crippen LogP contribution in [-0.4, -0.2) is 32.7 Å². The summed E-state index contributed by atoms with van der Waals surface area (Å²) in [5.41, 5.74) is 4.51. The van der Waals surface area contributed by atoms with Crippen molar-refractivity contribution in [1.82, 2.24) is 14.8 Å². The Kier molecular flexibility index (Phi) is 5.82. The third kappa shape index (κ3) is 4.24. The van der Waals surface area contributed by atoms with Crippen molar-refractivity contribution in [2.24, 2.45) is 7.05 Å². The summed E-state index contributed by atoms with van der Waals surface area (Å²) in [4.78, 5) is 27.7. The predicted octanol–water partition coefficient (Wildman–Crippen LogP) is 3.41. The molecule has 2 aromatic heterocycles. The van der Waals surface area contributed by atoms with Gasteiger partial charge in [0.1, 0.15) is 0 Å². The lowest BCUT2D eigenvalue weighted by Gasteiger charge is -2.13. The number of nitrogens with zero attached hydrogens (tertiary/aromatic N) is 2. The molecule has 2 heterocycles. The number of hydrogen-bond acceptors (Lipinski definition) is 4. The maximum absolute atomic E-state index is 12.3. The molecular weight excluding hydrogens is 356 g/mol. The largest absolute Gasteiger partial charge is 0.453 e. The predicted molar refractivity (Wildman–Crippen MR) is 108 cm³/mol. The van der Waals surface area contributed by atoms with E-state index < -0.39 is 6.10 Å². The minimum atomic E-state index is -0.861. The van der Waals surface area contributed by atoms with Crippen LogP contribution in [0.5, 0.6) is 0 Å². The molecule has 1 atom stereocenters. The second-order valence-corrected chi connectivity index (χ2v) is 7.00. The zero-order chi connectivity index (χ0) is 20.3. The van der Waals surface area contributed by atoms with Gasteiger partial charge < -0.3 is 15.0 Å². The number of para-hydroxylation sites is 1. The monoisotopic (exact) mass is 382 g/mol. The van der Waals surface area contributed by atoms with E-state index in [2.05, 4.69) is 21.5 Å². The highest BCUT2D eigenvalue weighted by molar-refractivity contribution is 5.96. The molecule has 0 fully saturated rings. The number of amides is 1. The molecule has 7 nitrogen and oxygen atoms in total. The van der Waals surface area contributed by atoms with E-state index in [0.29, 0.717) is 12.1 Å². The third-order valence-electron chi connectivity index (χ3n) is 4.94. The highest BCUT2D eigenvalue weighted by Crippen LogP contribution is 2.20. The van der Waals surface area contributed by atoms with Crippen LogP contribution in [0.3, 0.4) is 0 Å². The molecule has 0 spiro atoms. The van der Waals surface area contributed by atoms with Gasteiger partial charge in [0.05, 0.1) is 17.1 Å². The van der Waals surface area contributed by atoms with E-state index >= 15 is 0 Å². The molecule has 0 aliphatic heterocycles. The van der Waals surface area contributed by atoms with E-state index in [-0.39, 0.29) is 18.3 Å². The minimum Gasteiger partial charge on any atom is -0.453 e. The van der Waals surface area contributed by atoms with Gasteiger partial charge in [-0.1, -0.05) is 18.2 Å². The van der Waals surface area contributed by atoms with Crippen LogP contribution in [0.4, 0.5) is 5.69 Å². The lowest BCUT2D eigenvalue weighted by molar-refractivity contribution is -0.153. The van der Waals surface area contributed by atoms with Crippen molar-refractivity contribution < 1.29 is 14.3 Å². The average molecular weight is 382 g/mol. The van der Waals surface area contributed by atoms with Crippen molar-refractivity contribution in [2.45, 2.75) is 46.1 Å². The van der Waals surface area contributed by atoms with Crippen molar-refractivity contribution in [3.05, 3.63) is 47.4 Å². The van der Waals surface area contributed by atoms with Crippen molar-refractivity contribution in [3.8, 4) is 0 Å². The molecule has 0 aliphatic rings. The Balaban J connectivity index is 1.48. The molecule has 148 valence electrons. The van der Waals surface area contributed by atoms with Crippen molar-refractivity contribution in [3.63, 3.8) is 0 Å². The molecule has 3 aromatic rings. The van der Waals surface area contributed by atoms with Gasteiger partial charge in [0.15, 0.2) is 6.10 Å². The Bertz CT molecular complexity index is 1000. The summed E-state index contributed by atoms with van der Waals surface area (Å²) in [6, 6.07) is 8.08. The van der Waals surface area contributed by atoms with Gasteiger partial charge in [-0.3, -0.25) is 14.3 Å². The van der Waals surface area contributed by atoms with Crippen LogP contribution in [-0.2, 0) is 27.8 Å². The minimum absolute atomic E-state index is 0.266. The zero-order valence-electron chi connectivity index (χ0n) is 16.7. The van der Waals surface area contributed by atoms with E-state index in [4.69, 9.17) is 4.74 Å². The molecule has 0 saturated carbocycles. The number of rotatable bonds is 7. The highest BCUT2D eigenvalue weighted by Gasteiger charge is 2.20. The zero-order valence-corrected chi connectivity index (χ0v) is 16.7. The number of fused-ring (bicyclic) bond motifs is 1. The quantitative estimate of drug-likeness (QED) is 0.613. The number of benzene rings is 1. The molecule has 0 bridgehead atoms. The van der Waals surface area contributed by atoms with Gasteiger partial charge in [0.25, 0.3) is 5.91 Å². The fourth-order valence-corrected chi connectivity index (χ4v) is 3.25. The number of esters is 1. The Morgan fingerprint density at radius 2 is 2.04 bits per heavy atom. The lowest BCUT2D eigenvalue weighted by Crippen LogP contribution is -2.30. The Labute approximate surface area is 164 Å². The molecule has 1 amide bonds. The fourth-order valence-electron chi connectivity index (χ4n) is 3.25. The van der Waals surface area contributed by atoms with Crippen LogP contribution < -0.4 is 5.32 Å². The first kappa shape index (κ1) is 19.7. The average Bonchev–Trinajstić information content (AvgIpc) is 3.17. The molecule has 7 heteroatoms. The number of carbonyl (C=O) groups is 2. The van der Waals surface area contributed by atoms with Gasteiger partial charge in [-0.25, -0.2) is 0 Å². The van der Waals surface area contributed by atoms with Gasteiger partial charge in [-0.2, -0.15) is 5.10 Å². The molecule has 2 N–H and O–H groups in total. The molecule has 0 radical (unpaired) electrons. The van der Waals surface area contributed by atoms with Crippen molar-refractivity contribution in [2.75, 3.05) is 5.32 Å². The summed E-state index contributed by atoms with van der Waals surface area (Å²) in [6.07, 6.45) is 2.82. The van der Waals surface area contributed by atoms with E-state index in [1.807, 2.05) is 45.3 Å². The number of hydrogen-bond donors (Lipinski definition) is 2. The van der Waals surface area contributed by atoms with Crippen LogP contribution >= 0.6 is 0 Å². The van der Waals surface area contributed by atoms with Crippen LogP contribution in [0.2, 0.25) is 0 Å². The highest BCUT2D eigenvalue weighted by atomic mass is 16.5. The molecule has 3 rings (SSSR count). The van der Waals surface area contributed by atoms with E-state index in [1.54, 1.807) is 11.6 Å². The first-order chi connectivity index (χ1) is 13.4. The number of anilines is 1. The summed E-state index contributed by atoms with van der Waals surface area (Å²) < 4.78 is 6.99. The summed E-state index contributed by atoms with van der Waals surface area (Å²) in [5.74, 6) is -0.730. The molecular formula is C21H26N4O3. The first-order valence-corrected chi connectivity index (χ1v) is 9.42. The Morgan fingerprint density at radius 3 is 2.75 bits per heavy atom. The SMILES string of the molecule is Cc1nn(C)c(C)c1NC(=O)[C@@H](C)OC(=O)CCCc1c[nH]c2ccccc12. The number of aryl methyl sites for hydroxylation is 3. The second-order valence-electron chi connectivity index (χ2n) is 7.00. The van der Waals surface area contributed by atoms with Crippen molar-refractivity contribution >= 4 is 28.5 Å². The number of carbonyl (C=O) groups excluding carboxylic acids is 2. The maximum Gasteiger partial charge on any atom is 0.306 e. The Morgan fingerprint density at radius 1 is 1.29 bits per heavy atom. The van der Waals surface area contributed by atoms with Crippen LogP contribution in [0.25, 0.3) is 10.9 Å². The molecule has 28 heavy (non-hydrogen) atoms. The summed E-state index contributed by atoms with van der Waals surface area (Å²) in [6.45, 7) is 5.27. The standard InChI is InChI=1S/C21H26N4O3/c1-13-20(14(2)25(4)24-13)23-21(27)15(3)28-19(26)11-7-8-16-12-22-18-10-6-5-9-17(16)18/h5-6,9-10,12,15,22H,7-8,11H2,1-4H3,(H,23,27)/t15-/m1/s1. The van der Waals surface area contributed by atoms with Gasteiger partial charge in [-0.05, 0) is 45.2 Å². The number of nitrogens with one attached hydrogen (secondary N) is 2. The van der Waals surface area contributed by atoms with Gasteiger partial charge in [-0.15, -0.1) is 0 Å². The number of aromatic nitrogens is 3. The van der Waals surface area contributed by atoms with Crippen molar-refractivity contribution in [1.29, 1.82) is 0 Å². The van der Waals surface area contributed by atoms with Gasteiger partial charge in [0, 0.05) is 30.6 Å². The summed E-state index contributed by atoms with van der Waals surface area (Å²) >= 11 is 0. The topological polar surface area (TPSA) is 89.0 Å². The first-order valence-electron chi connectivity index (χ1n) is 9.42. The van der Waals surface area contributed by atoms with E-state index in [9.17, 15) is 9.59 Å². The van der Waals surface area contributed by atoms with Crippen LogP contribution in [0.1, 0.15) is 36.7 Å². The van der Waals surface area contributed by atoms with Crippen LogP contribution in [0.15, 0.2) is 30.5 Å². The number of ether oxygens (including phenoxy) is 1. The fraction of sp³-hybridized carbons (Fsp3) is 0.381. The second kappa shape index (κ2) is 8.29. The molecule has 0 unspecified atom stereocenters. The summed E-state index contributed by atoms with van der Waals surface area (Å²) in [7, 11) is 1.81. The van der Waals surface area contributed by atoms with Gasteiger partial charge in [0.2, 0.25) is 0 Å². The van der Waals surface area contributed by atoms with Crippen LogP contribution in [0, 0.1) is 13.8 Å².